The molecule has 3 saturated heterocycles. The summed E-state index contributed by atoms with van der Waals surface area (Å²) in [5.74, 6) is -4.00. The number of hydrogen-bond donors (Lipinski definition) is 0. The summed E-state index contributed by atoms with van der Waals surface area (Å²) >= 11 is 0. The van der Waals surface area contributed by atoms with Crippen molar-refractivity contribution in [1.82, 2.24) is 19.9 Å². The van der Waals surface area contributed by atoms with E-state index in [2.05, 4.69) is 14.9 Å². The normalized spacial score (nSPS) is 17.9. The monoisotopic (exact) mass is 671 g/mol. The molecule has 2 aromatic heterocycles. The average Bonchev–Trinajstić information content (AvgIpc) is 3.69. The number of pyridine rings is 1. The van der Waals surface area contributed by atoms with Crippen molar-refractivity contribution in [2.45, 2.75) is 44.1 Å². The Morgan fingerprint density at radius 1 is 0.898 bits per heavy atom. The van der Waals surface area contributed by atoms with Gasteiger partial charge in [-0.1, -0.05) is 30.3 Å². The first-order valence-corrected chi connectivity index (χ1v) is 16.6. The number of nitrogens with zero attached hydrogens (tertiary/aromatic N) is 5. The van der Waals surface area contributed by atoms with Crippen LogP contribution in [0.25, 0.3) is 32.9 Å². The van der Waals surface area contributed by atoms with E-state index in [-0.39, 0.29) is 33.9 Å². The van der Waals surface area contributed by atoms with Gasteiger partial charge in [0.25, 0.3) is 0 Å². The van der Waals surface area contributed by atoms with Crippen LogP contribution in [-0.4, -0.2) is 64.1 Å². The second-order valence-corrected chi connectivity index (χ2v) is 13.1. The van der Waals surface area contributed by atoms with Gasteiger partial charge in [0.05, 0.1) is 16.8 Å². The minimum atomic E-state index is -0.955. The van der Waals surface area contributed by atoms with Gasteiger partial charge in [-0.05, 0) is 75.2 Å². The Bertz CT molecular complexity index is 2070. The van der Waals surface area contributed by atoms with Gasteiger partial charge >= 0.3 is 12.0 Å². The van der Waals surface area contributed by atoms with Crippen LogP contribution in [0.2, 0.25) is 0 Å². The van der Waals surface area contributed by atoms with Crippen LogP contribution in [0.15, 0.2) is 60.8 Å². The third kappa shape index (κ3) is 5.71. The molecule has 0 radical (unpaired) electrons. The van der Waals surface area contributed by atoms with E-state index >= 15 is 8.78 Å². The van der Waals surface area contributed by atoms with Crippen molar-refractivity contribution in [1.29, 1.82) is 0 Å². The molecule has 0 amide bonds. The van der Waals surface area contributed by atoms with Crippen molar-refractivity contribution >= 4 is 33.5 Å². The maximum atomic E-state index is 16.7. The molecule has 0 atom stereocenters. The number of carbonyl (C=O) groups excluding carboxylic acids is 1. The summed E-state index contributed by atoms with van der Waals surface area (Å²) in [5.41, 5.74) is 0.174. The molecule has 3 fully saturated rings. The summed E-state index contributed by atoms with van der Waals surface area (Å²) in [6.07, 6.45) is 6.39. The molecule has 0 saturated carbocycles. The molecule has 5 aromatic rings. The fraction of sp³-hybridized carbons (Fsp3) is 0.351. The van der Waals surface area contributed by atoms with Crippen molar-refractivity contribution in [2.24, 2.45) is 5.92 Å². The number of rotatable bonds is 7. The molecular weight excluding hydrogens is 638 g/mol. The lowest BCUT2D eigenvalue weighted by atomic mass is 9.95. The predicted molar refractivity (Wildman–Crippen MR) is 175 cm³/mol. The van der Waals surface area contributed by atoms with Crippen molar-refractivity contribution in [2.75, 3.05) is 37.7 Å². The third-order valence-corrected chi connectivity index (χ3v) is 10.3. The summed E-state index contributed by atoms with van der Waals surface area (Å²) in [6, 6.07) is 12.6. The zero-order valence-electron chi connectivity index (χ0n) is 26.6. The molecule has 0 N–H and O–H groups in total. The quantitative estimate of drug-likeness (QED) is 0.102. The summed E-state index contributed by atoms with van der Waals surface area (Å²) in [4.78, 5) is 31.1. The highest BCUT2D eigenvalue weighted by Crippen LogP contribution is 2.40. The molecule has 0 aliphatic carbocycles. The highest BCUT2D eigenvalue weighted by atomic mass is 19.1. The first-order valence-electron chi connectivity index (χ1n) is 16.6. The molecule has 0 bridgehead atoms. The van der Waals surface area contributed by atoms with Gasteiger partial charge in [-0.15, -0.1) is 0 Å². The minimum absolute atomic E-state index is 0.00106. The number of carbonyl (C=O) groups is 1. The molecular formula is C37H33F4N5O3. The first kappa shape index (κ1) is 31.4. The molecule has 3 aliphatic rings. The maximum Gasteiger partial charge on any atom is 0.319 e. The summed E-state index contributed by atoms with van der Waals surface area (Å²) in [5, 5.41) is 1.23. The summed E-state index contributed by atoms with van der Waals surface area (Å²) in [7, 11) is 0. The molecule has 3 aliphatic heterocycles. The van der Waals surface area contributed by atoms with Gasteiger partial charge in [0.15, 0.2) is 17.4 Å². The van der Waals surface area contributed by atoms with Gasteiger partial charge in [0, 0.05) is 36.3 Å². The molecule has 12 heteroatoms. The number of benzene rings is 3. The molecule has 8 rings (SSSR count). The van der Waals surface area contributed by atoms with Gasteiger partial charge in [0.2, 0.25) is 0 Å². The highest BCUT2D eigenvalue weighted by Gasteiger charge is 2.45. The number of esters is 1. The first-order chi connectivity index (χ1) is 23.8. The smallest absolute Gasteiger partial charge is 0.319 e. The van der Waals surface area contributed by atoms with Crippen LogP contribution in [0.4, 0.5) is 23.4 Å². The van der Waals surface area contributed by atoms with Crippen molar-refractivity contribution in [3.63, 3.8) is 0 Å². The van der Waals surface area contributed by atoms with E-state index in [4.69, 9.17) is 14.5 Å². The van der Waals surface area contributed by atoms with E-state index in [0.29, 0.717) is 60.8 Å². The largest absolute Gasteiger partial charge is 0.461 e. The molecule has 252 valence electrons. The lowest BCUT2D eigenvalue weighted by Crippen LogP contribution is -2.43. The molecule has 49 heavy (non-hydrogen) atoms. The van der Waals surface area contributed by atoms with Crippen molar-refractivity contribution in [3.05, 3.63) is 84.1 Å². The van der Waals surface area contributed by atoms with Crippen LogP contribution in [0.5, 0.6) is 11.8 Å². The number of anilines is 1. The highest BCUT2D eigenvalue weighted by molar-refractivity contribution is 5.99. The Balaban J connectivity index is 1.13. The van der Waals surface area contributed by atoms with E-state index in [1.807, 2.05) is 4.90 Å². The third-order valence-electron chi connectivity index (χ3n) is 10.3. The number of fused-ring (bicyclic) bond motifs is 3. The second kappa shape index (κ2) is 12.6. The van der Waals surface area contributed by atoms with Crippen LogP contribution in [0.3, 0.4) is 0 Å². The van der Waals surface area contributed by atoms with E-state index in [0.717, 1.165) is 50.9 Å². The van der Waals surface area contributed by atoms with Crippen molar-refractivity contribution < 1.29 is 31.8 Å². The Morgan fingerprint density at radius 2 is 1.65 bits per heavy atom. The van der Waals surface area contributed by atoms with E-state index < -0.39 is 35.2 Å². The average molecular weight is 672 g/mol. The molecule has 8 nitrogen and oxygen atoms in total. The van der Waals surface area contributed by atoms with Gasteiger partial charge in [-0.2, -0.15) is 9.97 Å². The lowest BCUT2D eigenvalue weighted by Gasteiger charge is -2.33. The zero-order chi connectivity index (χ0) is 33.7. The van der Waals surface area contributed by atoms with Crippen molar-refractivity contribution in [3.8, 4) is 23.0 Å². The van der Waals surface area contributed by atoms with Crippen LogP contribution in [0.1, 0.15) is 38.5 Å². The second-order valence-electron chi connectivity index (χ2n) is 13.1. The SMILES string of the molecule is O=C(Oc1ccc(F)cc1F)C1CCN(c2nc(OCC34CCCN3CCC4)nc3c(F)c(-c4cccc5cccc(F)c45)ncc23)CC1. The van der Waals surface area contributed by atoms with E-state index in [1.54, 1.807) is 30.3 Å². The maximum absolute atomic E-state index is 16.7. The Labute approximate surface area is 279 Å². The molecule has 5 heterocycles. The van der Waals surface area contributed by atoms with Gasteiger partial charge in [-0.25, -0.2) is 17.6 Å². The van der Waals surface area contributed by atoms with Crippen LogP contribution >= 0.6 is 0 Å². The Hall–Kier alpha value is -4.84. The minimum Gasteiger partial charge on any atom is -0.461 e. The Kier molecular flexibility index (Phi) is 8.05. The fourth-order valence-corrected chi connectivity index (χ4v) is 7.74. The van der Waals surface area contributed by atoms with E-state index in [1.165, 1.54) is 12.3 Å². The summed E-state index contributed by atoms with van der Waals surface area (Å²) in [6.45, 7) is 3.12. The number of piperidine rings is 1. The molecule has 0 spiro atoms. The van der Waals surface area contributed by atoms with Crippen LogP contribution in [0, 0.1) is 29.2 Å². The van der Waals surface area contributed by atoms with Gasteiger partial charge in [-0.3, -0.25) is 14.7 Å². The summed E-state index contributed by atoms with van der Waals surface area (Å²) < 4.78 is 70.8. The van der Waals surface area contributed by atoms with Gasteiger partial charge < -0.3 is 14.4 Å². The predicted octanol–water partition coefficient (Wildman–Crippen LogP) is 7.23. The molecule has 3 aromatic carbocycles. The number of hydrogen-bond acceptors (Lipinski definition) is 8. The van der Waals surface area contributed by atoms with Crippen LogP contribution < -0.4 is 14.4 Å². The topological polar surface area (TPSA) is 80.7 Å². The lowest BCUT2D eigenvalue weighted by molar-refractivity contribution is -0.139. The standard InChI is InChI=1S/C37H33F4N5O3/c38-24-9-10-29(28(40)19-24)49-35(47)23-11-17-45(18-12-23)34-26-20-42-32(25-7-1-5-22-6-2-8-27(39)30(22)25)31(41)33(26)43-36(44-34)48-21-37-13-3-15-46(37)16-4-14-37/h1-2,5-10,19-20,23H,3-4,11-18,21H2. The number of halogens is 4. The number of ether oxygens (including phenoxy) is 2. The molecule has 0 unspecified atom stereocenters. The van der Waals surface area contributed by atoms with Gasteiger partial charge in [0.1, 0.15) is 35.3 Å². The zero-order valence-corrected chi connectivity index (χ0v) is 26.6. The fourth-order valence-electron chi connectivity index (χ4n) is 7.74. The van der Waals surface area contributed by atoms with Crippen LogP contribution in [-0.2, 0) is 4.79 Å². The van der Waals surface area contributed by atoms with E-state index in [9.17, 15) is 13.6 Å². The Morgan fingerprint density at radius 3 is 2.41 bits per heavy atom. The number of aromatic nitrogens is 3.